The first kappa shape index (κ1) is 13.8. The van der Waals surface area contributed by atoms with E-state index in [1.54, 1.807) is 0 Å². The molecule has 110 valence electrons. The predicted molar refractivity (Wildman–Crippen MR) is 70.7 cm³/mol. The number of nitrogens with zero attached hydrogens (tertiary/aromatic N) is 1. The third kappa shape index (κ3) is 2.80. The fraction of sp³-hybridized carbons (Fsp3) is 0.333. The van der Waals surface area contributed by atoms with Gasteiger partial charge in [0.1, 0.15) is 5.82 Å². The van der Waals surface area contributed by atoms with E-state index in [9.17, 15) is 14.0 Å². The number of ether oxygens (including phenoxy) is 2. The van der Waals surface area contributed by atoms with E-state index >= 15 is 0 Å². The van der Waals surface area contributed by atoms with Gasteiger partial charge in [0.15, 0.2) is 12.0 Å². The van der Waals surface area contributed by atoms with Crippen LogP contribution in [0.3, 0.4) is 0 Å². The summed E-state index contributed by atoms with van der Waals surface area (Å²) < 4.78 is 23.9. The van der Waals surface area contributed by atoms with Crippen LogP contribution in [-0.2, 0) is 19.1 Å². The zero-order valence-electron chi connectivity index (χ0n) is 11.3. The molecule has 2 aliphatic rings. The molecule has 0 bridgehead atoms. The van der Waals surface area contributed by atoms with Crippen LogP contribution >= 0.6 is 0 Å². The largest absolute Gasteiger partial charge is 0.462 e. The summed E-state index contributed by atoms with van der Waals surface area (Å²) in [4.78, 5) is 25.7. The third-order valence-electron chi connectivity index (χ3n) is 3.47. The molecule has 1 aromatic carbocycles. The lowest BCUT2D eigenvalue weighted by Gasteiger charge is -2.34. The van der Waals surface area contributed by atoms with Crippen molar-refractivity contribution >= 4 is 11.6 Å². The molecule has 2 aliphatic heterocycles. The Morgan fingerprint density at radius 1 is 1.10 bits per heavy atom. The minimum atomic E-state index is -1.01. The number of rotatable bonds is 2. The normalized spacial score (nSPS) is 22.8. The van der Waals surface area contributed by atoms with Crippen LogP contribution in [0, 0.1) is 5.82 Å². The van der Waals surface area contributed by atoms with E-state index in [1.807, 2.05) is 4.90 Å². The molecule has 3 rings (SSSR count). The minimum absolute atomic E-state index is 0.372. The second kappa shape index (κ2) is 5.65. The summed E-state index contributed by atoms with van der Waals surface area (Å²) in [7, 11) is 0. The molecular weight excluding hydrogens is 277 g/mol. The lowest BCUT2D eigenvalue weighted by Crippen LogP contribution is -2.40. The number of carbonyl (C=O) groups is 2. The van der Waals surface area contributed by atoms with Crippen molar-refractivity contribution in [1.29, 1.82) is 0 Å². The van der Waals surface area contributed by atoms with Crippen LogP contribution in [0.1, 0.15) is 11.7 Å². The molecule has 5 nitrogen and oxygen atoms in total. The van der Waals surface area contributed by atoms with Crippen molar-refractivity contribution in [3.63, 3.8) is 0 Å². The van der Waals surface area contributed by atoms with Crippen molar-refractivity contribution in [2.24, 2.45) is 0 Å². The lowest BCUT2D eigenvalue weighted by molar-refractivity contribution is -0.144. The van der Waals surface area contributed by atoms with Crippen LogP contribution in [0.4, 0.5) is 4.39 Å². The highest BCUT2D eigenvalue weighted by molar-refractivity contribution is 6.43. The maximum absolute atomic E-state index is 13.0. The highest BCUT2D eigenvalue weighted by Crippen LogP contribution is 2.28. The van der Waals surface area contributed by atoms with Gasteiger partial charge in [0.25, 0.3) is 0 Å². The molecule has 0 aromatic heterocycles. The Hall–Kier alpha value is -2.21. The number of Topliss-reactive ketones (excluding diaryl/α,β-unsaturated/α-hetero) is 1. The molecule has 1 fully saturated rings. The molecule has 2 heterocycles. The van der Waals surface area contributed by atoms with Crippen LogP contribution in [0.15, 0.2) is 36.2 Å². The first-order valence-corrected chi connectivity index (χ1v) is 6.70. The molecule has 0 N–H and O–H groups in total. The summed E-state index contributed by atoms with van der Waals surface area (Å²) in [6.45, 7) is 2.29. The van der Waals surface area contributed by atoms with Gasteiger partial charge < -0.3 is 14.4 Å². The average molecular weight is 291 g/mol. The maximum atomic E-state index is 13.0. The third-order valence-corrected chi connectivity index (χ3v) is 3.47. The van der Waals surface area contributed by atoms with E-state index in [1.165, 1.54) is 30.3 Å². The molecule has 1 aromatic rings. The van der Waals surface area contributed by atoms with Gasteiger partial charge in [-0.1, -0.05) is 12.1 Å². The van der Waals surface area contributed by atoms with Crippen molar-refractivity contribution in [3.05, 3.63) is 47.6 Å². The number of benzene rings is 1. The molecule has 6 heteroatoms. The SMILES string of the molecule is O=C1C=C(N2CCOCC2)OC(c2ccc(F)cc2)C1=O. The Labute approximate surface area is 120 Å². The molecule has 0 amide bonds. The Morgan fingerprint density at radius 2 is 1.76 bits per heavy atom. The fourth-order valence-electron chi connectivity index (χ4n) is 2.33. The monoisotopic (exact) mass is 291 g/mol. The van der Waals surface area contributed by atoms with Crippen LogP contribution < -0.4 is 0 Å². The zero-order chi connectivity index (χ0) is 14.8. The number of allylic oxidation sites excluding steroid dienone is 1. The zero-order valence-corrected chi connectivity index (χ0v) is 11.3. The molecule has 0 spiro atoms. The van der Waals surface area contributed by atoms with Crippen LogP contribution in [0.2, 0.25) is 0 Å². The summed E-state index contributed by atoms with van der Waals surface area (Å²) in [5.41, 5.74) is 0.466. The summed E-state index contributed by atoms with van der Waals surface area (Å²) in [5, 5.41) is 0. The summed E-state index contributed by atoms with van der Waals surface area (Å²) in [5.74, 6) is -1.27. The van der Waals surface area contributed by atoms with Crippen molar-refractivity contribution < 1.29 is 23.5 Å². The van der Waals surface area contributed by atoms with Gasteiger partial charge in [0, 0.05) is 24.7 Å². The molecule has 21 heavy (non-hydrogen) atoms. The van der Waals surface area contributed by atoms with Gasteiger partial charge in [0.2, 0.25) is 11.6 Å². The lowest BCUT2D eigenvalue weighted by atomic mass is 10.0. The number of carbonyl (C=O) groups excluding carboxylic acids is 2. The Kier molecular flexibility index (Phi) is 3.70. The number of hydrogen-bond donors (Lipinski definition) is 0. The van der Waals surface area contributed by atoms with Crippen molar-refractivity contribution in [2.75, 3.05) is 26.3 Å². The summed E-state index contributed by atoms with van der Waals surface area (Å²) in [6, 6.07) is 5.38. The van der Waals surface area contributed by atoms with Crippen LogP contribution in [0.25, 0.3) is 0 Å². The standard InChI is InChI=1S/C15H14FNO4/c16-11-3-1-10(2-4-11)15-14(19)12(18)9-13(21-15)17-5-7-20-8-6-17/h1-4,9,15H,5-8H2. The second-order valence-corrected chi connectivity index (χ2v) is 4.86. The fourth-order valence-corrected chi connectivity index (χ4v) is 2.33. The van der Waals surface area contributed by atoms with Crippen LogP contribution in [0.5, 0.6) is 0 Å². The van der Waals surface area contributed by atoms with E-state index in [-0.39, 0.29) is 0 Å². The van der Waals surface area contributed by atoms with E-state index < -0.39 is 23.5 Å². The van der Waals surface area contributed by atoms with Gasteiger partial charge in [0.05, 0.1) is 13.2 Å². The maximum Gasteiger partial charge on any atom is 0.247 e. The van der Waals surface area contributed by atoms with Gasteiger partial charge in [-0.3, -0.25) is 9.59 Å². The molecule has 0 aliphatic carbocycles. The number of morpholine rings is 1. The molecular formula is C15H14FNO4. The van der Waals surface area contributed by atoms with E-state index in [4.69, 9.17) is 9.47 Å². The molecule has 1 saturated heterocycles. The second-order valence-electron chi connectivity index (χ2n) is 4.86. The molecule has 0 radical (unpaired) electrons. The van der Waals surface area contributed by atoms with E-state index in [2.05, 4.69) is 0 Å². The average Bonchev–Trinajstić information content (AvgIpc) is 2.52. The minimum Gasteiger partial charge on any atom is -0.462 e. The molecule has 1 atom stereocenters. The van der Waals surface area contributed by atoms with Crippen molar-refractivity contribution in [1.82, 2.24) is 4.90 Å². The Morgan fingerprint density at radius 3 is 2.43 bits per heavy atom. The summed E-state index contributed by atoms with van der Waals surface area (Å²) in [6.07, 6.45) is 0.203. The van der Waals surface area contributed by atoms with E-state index in [0.29, 0.717) is 37.7 Å². The quantitative estimate of drug-likeness (QED) is 0.767. The predicted octanol–water partition coefficient (Wildman–Crippen LogP) is 1.21. The van der Waals surface area contributed by atoms with Crippen LogP contribution in [-0.4, -0.2) is 42.8 Å². The number of ketones is 2. The highest BCUT2D eigenvalue weighted by atomic mass is 19.1. The van der Waals surface area contributed by atoms with Gasteiger partial charge in [-0.15, -0.1) is 0 Å². The highest BCUT2D eigenvalue weighted by Gasteiger charge is 2.35. The smallest absolute Gasteiger partial charge is 0.247 e. The van der Waals surface area contributed by atoms with Gasteiger partial charge >= 0.3 is 0 Å². The Balaban J connectivity index is 1.85. The number of hydrogen-bond acceptors (Lipinski definition) is 5. The molecule has 1 unspecified atom stereocenters. The Bertz CT molecular complexity index is 590. The van der Waals surface area contributed by atoms with Crippen molar-refractivity contribution in [2.45, 2.75) is 6.10 Å². The molecule has 0 saturated carbocycles. The first-order chi connectivity index (χ1) is 10.1. The topological polar surface area (TPSA) is 55.8 Å². The van der Waals surface area contributed by atoms with Gasteiger partial charge in [-0.25, -0.2) is 4.39 Å². The summed E-state index contributed by atoms with van der Waals surface area (Å²) >= 11 is 0. The first-order valence-electron chi connectivity index (χ1n) is 6.70. The van der Waals surface area contributed by atoms with E-state index in [0.717, 1.165) is 0 Å². The van der Waals surface area contributed by atoms with Crippen molar-refractivity contribution in [3.8, 4) is 0 Å². The van der Waals surface area contributed by atoms with Gasteiger partial charge in [-0.2, -0.15) is 0 Å². The number of halogens is 1. The van der Waals surface area contributed by atoms with Gasteiger partial charge in [-0.05, 0) is 12.1 Å².